The fraction of sp³-hybridized carbons (Fsp3) is 0.700. The van der Waals surface area contributed by atoms with Crippen molar-refractivity contribution in [2.75, 3.05) is 13.2 Å². The van der Waals surface area contributed by atoms with Gasteiger partial charge in [-0.3, -0.25) is 0 Å². The Kier molecular flexibility index (Phi) is 3.80. The third-order valence-corrected chi connectivity index (χ3v) is 2.23. The topological polar surface area (TPSA) is 38.3 Å². The minimum absolute atomic E-state index is 0.188. The summed E-state index contributed by atoms with van der Waals surface area (Å²) in [4.78, 5) is 11.3. The van der Waals surface area contributed by atoms with E-state index < -0.39 is 0 Å². The summed E-state index contributed by atoms with van der Waals surface area (Å²) in [6.07, 6.45) is 3.34. The first-order chi connectivity index (χ1) is 6.25. The number of carbonyl (C=O) groups excluding carboxylic acids is 1. The van der Waals surface area contributed by atoms with E-state index in [2.05, 4.69) is 5.32 Å². The van der Waals surface area contributed by atoms with Crippen molar-refractivity contribution in [3.63, 3.8) is 0 Å². The van der Waals surface area contributed by atoms with Gasteiger partial charge in [-0.1, -0.05) is 0 Å². The maximum atomic E-state index is 11.3. The number of carbonyl (C=O) groups is 1. The van der Waals surface area contributed by atoms with Crippen LogP contribution in [0.25, 0.3) is 0 Å². The van der Waals surface area contributed by atoms with Crippen molar-refractivity contribution in [2.24, 2.45) is 0 Å². The van der Waals surface area contributed by atoms with Crippen molar-refractivity contribution in [1.29, 1.82) is 0 Å². The summed E-state index contributed by atoms with van der Waals surface area (Å²) >= 11 is 0. The Balaban J connectivity index is 2.60. The van der Waals surface area contributed by atoms with Crippen LogP contribution in [0.2, 0.25) is 0 Å². The van der Waals surface area contributed by atoms with Crippen LogP contribution < -0.4 is 5.32 Å². The van der Waals surface area contributed by atoms with Crippen molar-refractivity contribution in [3.05, 3.63) is 11.3 Å². The Morgan fingerprint density at radius 1 is 1.54 bits per heavy atom. The van der Waals surface area contributed by atoms with Gasteiger partial charge in [-0.15, -0.1) is 0 Å². The molecular formula is C10H17NO2. The quantitative estimate of drug-likeness (QED) is 0.522. The molecule has 1 heterocycles. The van der Waals surface area contributed by atoms with E-state index in [-0.39, 0.29) is 5.97 Å². The normalized spacial score (nSPS) is 20.5. The maximum Gasteiger partial charge on any atom is 0.335 e. The molecule has 0 saturated carbocycles. The number of hydrogen-bond acceptors (Lipinski definition) is 3. The molecule has 0 amide bonds. The largest absolute Gasteiger partial charge is 0.463 e. The van der Waals surface area contributed by atoms with E-state index in [1.807, 2.05) is 13.8 Å². The highest BCUT2D eigenvalue weighted by atomic mass is 16.5. The van der Waals surface area contributed by atoms with Gasteiger partial charge in [0.25, 0.3) is 0 Å². The molecule has 0 aromatic carbocycles. The van der Waals surface area contributed by atoms with Gasteiger partial charge in [-0.05, 0) is 33.1 Å². The lowest BCUT2D eigenvalue weighted by Crippen LogP contribution is -2.23. The second kappa shape index (κ2) is 4.90. The van der Waals surface area contributed by atoms with Gasteiger partial charge in [0.15, 0.2) is 0 Å². The molecule has 1 rings (SSSR count). The van der Waals surface area contributed by atoms with Crippen molar-refractivity contribution in [1.82, 2.24) is 5.32 Å². The van der Waals surface area contributed by atoms with Gasteiger partial charge < -0.3 is 10.1 Å². The van der Waals surface area contributed by atoms with E-state index in [0.29, 0.717) is 6.61 Å². The van der Waals surface area contributed by atoms with E-state index in [1.165, 1.54) is 12.8 Å². The minimum atomic E-state index is -0.188. The monoisotopic (exact) mass is 183 g/mol. The number of hydrogen-bond donors (Lipinski definition) is 1. The summed E-state index contributed by atoms with van der Waals surface area (Å²) in [6, 6.07) is 0. The Labute approximate surface area is 79.2 Å². The van der Waals surface area contributed by atoms with Gasteiger partial charge >= 0.3 is 5.97 Å². The minimum Gasteiger partial charge on any atom is -0.463 e. The first-order valence-electron chi connectivity index (χ1n) is 4.86. The molecule has 1 saturated heterocycles. The lowest BCUT2D eigenvalue weighted by molar-refractivity contribution is -0.138. The summed E-state index contributed by atoms with van der Waals surface area (Å²) in [5, 5.41) is 3.24. The molecule has 3 nitrogen and oxygen atoms in total. The molecule has 13 heavy (non-hydrogen) atoms. The predicted octanol–water partition coefficient (Wildman–Crippen LogP) is 1.60. The molecule has 0 radical (unpaired) electrons. The zero-order chi connectivity index (χ0) is 9.68. The number of nitrogens with one attached hydrogen (secondary N) is 1. The van der Waals surface area contributed by atoms with Crippen LogP contribution in [0.4, 0.5) is 0 Å². The van der Waals surface area contributed by atoms with Gasteiger partial charge in [0.1, 0.15) is 0 Å². The Bertz CT molecular complexity index is 213. The Morgan fingerprint density at radius 2 is 2.31 bits per heavy atom. The van der Waals surface area contributed by atoms with Gasteiger partial charge in [-0.2, -0.15) is 0 Å². The van der Waals surface area contributed by atoms with Crippen LogP contribution in [-0.4, -0.2) is 19.1 Å². The zero-order valence-electron chi connectivity index (χ0n) is 8.35. The number of rotatable bonds is 2. The Morgan fingerprint density at radius 3 is 2.85 bits per heavy atom. The van der Waals surface area contributed by atoms with Crippen LogP contribution in [0, 0.1) is 0 Å². The third-order valence-electron chi connectivity index (χ3n) is 2.23. The molecule has 0 bridgehead atoms. The summed E-state index contributed by atoms with van der Waals surface area (Å²) < 4.78 is 4.92. The van der Waals surface area contributed by atoms with Crippen molar-refractivity contribution >= 4 is 5.97 Å². The van der Waals surface area contributed by atoms with Crippen LogP contribution in [0.3, 0.4) is 0 Å². The van der Waals surface area contributed by atoms with Gasteiger partial charge in [0.2, 0.25) is 0 Å². The number of ether oxygens (including phenoxy) is 1. The molecule has 0 unspecified atom stereocenters. The smallest absolute Gasteiger partial charge is 0.335 e. The third kappa shape index (κ3) is 2.76. The number of esters is 1. The number of piperidine rings is 1. The predicted molar refractivity (Wildman–Crippen MR) is 51.2 cm³/mol. The van der Waals surface area contributed by atoms with E-state index in [0.717, 1.165) is 24.2 Å². The highest BCUT2D eigenvalue weighted by Gasteiger charge is 2.13. The first kappa shape index (κ1) is 10.1. The summed E-state index contributed by atoms with van der Waals surface area (Å²) in [5.41, 5.74) is 1.80. The SMILES string of the molecule is CCOC(=O)C(C)=C1CCCCN1. The Hall–Kier alpha value is -0.990. The van der Waals surface area contributed by atoms with Gasteiger partial charge in [0, 0.05) is 12.2 Å². The molecule has 0 spiro atoms. The molecule has 0 aliphatic carbocycles. The average molecular weight is 183 g/mol. The van der Waals surface area contributed by atoms with Crippen molar-refractivity contribution in [3.8, 4) is 0 Å². The van der Waals surface area contributed by atoms with E-state index in [4.69, 9.17) is 4.74 Å². The molecular weight excluding hydrogens is 166 g/mol. The van der Waals surface area contributed by atoms with Crippen LogP contribution in [0.15, 0.2) is 11.3 Å². The molecule has 0 aromatic rings. The first-order valence-corrected chi connectivity index (χ1v) is 4.86. The van der Waals surface area contributed by atoms with Crippen LogP contribution >= 0.6 is 0 Å². The van der Waals surface area contributed by atoms with E-state index >= 15 is 0 Å². The molecule has 1 N–H and O–H groups in total. The van der Waals surface area contributed by atoms with Crippen molar-refractivity contribution < 1.29 is 9.53 Å². The fourth-order valence-corrected chi connectivity index (χ4v) is 1.44. The van der Waals surface area contributed by atoms with Gasteiger partial charge in [0.05, 0.1) is 12.2 Å². The van der Waals surface area contributed by atoms with Gasteiger partial charge in [-0.25, -0.2) is 4.79 Å². The molecule has 0 aromatic heterocycles. The summed E-state index contributed by atoms with van der Waals surface area (Å²) in [7, 11) is 0. The standard InChI is InChI=1S/C10H17NO2/c1-3-13-10(12)8(2)9-6-4-5-7-11-9/h11H,3-7H2,1-2H3. The molecule has 3 heteroatoms. The van der Waals surface area contributed by atoms with Crippen LogP contribution in [-0.2, 0) is 9.53 Å². The van der Waals surface area contributed by atoms with E-state index in [1.54, 1.807) is 0 Å². The lowest BCUT2D eigenvalue weighted by Gasteiger charge is -2.18. The molecule has 74 valence electrons. The summed E-state index contributed by atoms with van der Waals surface area (Å²) in [6.45, 7) is 5.07. The van der Waals surface area contributed by atoms with Crippen LogP contribution in [0.5, 0.6) is 0 Å². The average Bonchev–Trinajstić information content (AvgIpc) is 2.18. The maximum absolute atomic E-state index is 11.3. The lowest BCUT2D eigenvalue weighted by atomic mass is 10.1. The van der Waals surface area contributed by atoms with Crippen LogP contribution in [0.1, 0.15) is 33.1 Å². The second-order valence-corrected chi connectivity index (χ2v) is 3.21. The summed E-state index contributed by atoms with van der Waals surface area (Å²) in [5.74, 6) is -0.188. The fourth-order valence-electron chi connectivity index (χ4n) is 1.44. The second-order valence-electron chi connectivity index (χ2n) is 3.21. The molecule has 1 fully saturated rings. The highest BCUT2D eigenvalue weighted by Crippen LogP contribution is 2.15. The molecule has 1 aliphatic rings. The zero-order valence-corrected chi connectivity index (χ0v) is 8.35. The number of allylic oxidation sites excluding steroid dienone is 1. The molecule has 0 atom stereocenters. The van der Waals surface area contributed by atoms with Crippen molar-refractivity contribution in [2.45, 2.75) is 33.1 Å². The van der Waals surface area contributed by atoms with E-state index in [9.17, 15) is 4.79 Å². The highest BCUT2D eigenvalue weighted by molar-refractivity contribution is 5.88. The molecule has 1 aliphatic heterocycles.